The minimum absolute atomic E-state index is 0.456. The molecule has 0 unspecified atom stereocenters. The summed E-state index contributed by atoms with van der Waals surface area (Å²) in [5, 5.41) is 6.66. The molecule has 1 saturated carbocycles. The molecule has 0 N–H and O–H groups in total. The number of thiophene rings is 1. The maximum absolute atomic E-state index is 10.7. The molecule has 0 amide bonds. The zero-order valence-corrected chi connectivity index (χ0v) is 10.3. The summed E-state index contributed by atoms with van der Waals surface area (Å²) in [7, 11) is 0. The van der Waals surface area contributed by atoms with Gasteiger partial charge in [0, 0.05) is 24.7 Å². The molecule has 0 aromatic carbocycles. The number of carbonyl (C=O) groups excluding carboxylic acids is 1. The van der Waals surface area contributed by atoms with Crippen molar-refractivity contribution in [2.75, 3.05) is 0 Å². The van der Waals surface area contributed by atoms with Crippen LogP contribution < -0.4 is 0 Å². The second kappa shape index (κ2) is 4.45. The summed E-state index contributed by atoms with van der Waals surface area (Å²) < 4.78 is 2.01. The van der Waals surface area contributed by atoms with E-state index in [2.05, 4.69) is 11.2 Å². The van der Waals surface area contributed by atoms with E-state index >= 15 is 0 Å². The summed E-state index contributed by atoms with van der Waals surface area (Å²) in [4.78, 5) is 11.9. The third kappa shape index (κ3) is 2.31. The Morgan fingerprint density at radius 3 is 3.06 bits per heavy atom. The topological polar surface area (TPSA) is 34.9 Å². The molecular formula is C13H14N2OS. The Morgan fingerprint density at radius 2 is 2.41 bits per heavy atom. The summed E-state index contributed by atoms with van der Waals surface area (Å²) in [6.07, 6.45) is 6.07. The van der Waals surface area contributed by atoms with Crippen molar-refractivity contribution in [3.63, 3.8) is 0 Å². The molecule has 2 heterocycles. The van der Waals surface area contributed by atoms with Crippen molar-refractivity contribution in [2.45, 2.75) is 25.8 Å². The van der Waals surface area contributed by atoms with Crippen molar-refractivity contribution in [3.05, 3.63) is 29.3 Å². The second-order valence-electron chi connectivity index (χ2n) is 4.52. The molecule has 4 heteroatoms. The Bertz CT molecular complexity index is 512. The Balaban J connectivity index is 1.93. The normalized spacial score (nSPS) is 15.1. The number of rotatable bonds is 5. The first kappa shape index (κ1) is 10.7. The molecule has 3 rings (SSSR count). The van der Waals surface area contributed by atoms with Crippen LogP contribution in [0.15, 0.2) is 23.7 Å². The molecule has 1 aliphatic carbocycles. The van der Waals surface area contributed by atoms with Crippen LogP contribution in [0.1, 0.15) is 18.4 Å². The lowest BCUT2D eigenvalue weighted by atomic mass is 10.2. The third-order valence-electron chi connectivity index (χ3n) is 3.04. The van der Waals surface area contributed by atoms with Crippen molar-refractivity contribution in [2.24, 2.45) is 5.92 Å². The van der Waals surface area contributed by atoms with Gasteiger partial charge in [0.05, 0.1) is 4.88 Å². The van der Waals surface area contributed by atoms with E-state index in [1.165, 1.54) is 12.8 Å². The monoisotopic (exact) mass is 246 g/mol. The first-order chi connectivity index (χ1) is 8.36. The molecule has 1 fully saturated rings. The highest BCUT2D eigenvalue weighted by Crippen LogP contribution is 2.32. The molecule has 0 aliphatic heterocycles. The maximum atomic E-state index is 10.7. The fraction of sp³-hybridized carbons (Fsp3) is 0.385. The first-order valence-corrected chi connectivity index (χ1v) is 6.78. The van der Waals surface area contributed by atoms with Crippen molar-refractivity contribution in [3.8, 4) is 10.6 Å². The molecule has 0 radical (unpaired) electrons. The SMILES string of the molecule is O=CCc1cn(CC2CC2)nc1-c1cccs1. The summed E-state index contributed by atoms with van der Waals surface area (Å²) in [6.45, 7) is 0.997. The van der Waals surface area contributed by atoms with Gasteiger partial charge < -0.3 is 4.79 Å². The number of nitrogens with zero attached hydrogens (tertiary/aromatic N) is 2. The Morgan fingerprint density at radius 1 is 1.53 bits per heavy atom. The van der Waals surface area contributed by atoms with Gasteiger partial charge >= 0.3 is 0 Å². The van der Waals surface area contributed by atoms with Gasteiger partial charge in [-0.15, -0.1) is 11.3 Å². The first-order valence-electron chi connectivity index (χ1n) is 5.90. The van der Waals surface area contributed by atoms with Crippen molar-refractivity contribution < 1.29 is 4.79 Å². The largest absolute Gasteiger partial charge is 0.303 e. The highest BCUT2D eigenvalue weighted by atomic mass is 32.1. The van der Waals surface area contributed by atoms with E-state index in [0.29, 0.717) is 6.42 Å². The number of hydrogen-bond donors (Lipinski definition) is 0. The smallest absolute Gasteiger partial charge is 0.124 e. The maximum Gasteiger partial charge on any atom is 0.124 e. The zero-order valence-electron chi connectivity index (χ0n) is 9.50. The number of aromatic nitrogens is 2. The van der Waals surface area contributed by atoms with Gasteiger partial charge in [0.15, 0.2) is 0 Å². The van der Waals surface area contributed by atoms with E-state index in [-0.39, 0.29) is 0 Å². The van der Waals surface area contributed by atoms with Crippen molar-refractivity contribution in [1.29, 1.82) is 0 Å². The van der Waals surface area contributed by atoms with Crippen LogP contribution in [0.4, 0.5) is 0 Å². The zero-order chi connectivity index (χ0) is 11.7. The van der Waals surface area contributed by atoms with Gasteiger partial charge in [-0.1, -0.05) is 6.07 Å². The molecule has 0 spiro atoms. The lowest BCUT2D eigenvalue weighted by Crippen LogP contribution is -1.99. The Hall–Kier alpha value is -1.42. The van der Waals surface area contributed by atoms with Crippen molar-refractivity contribution in [1.82, 2.24) is 9.78 Å². The minimum Gasteiger partial charge on any atom is -0.303 e. The fourth-order valence-corrected chi connectivity index (χ4v) is 2.73. The standard InChI is InChI=1S/C13H14N2OS/c16-6-5-11-9-15(8-10-3-4-10)14-13(11)12-2-1-7-17-12/h1-2,6-7,9-10H,3-5,8H2. The van der Waals surface area contributed by atoms with Crippen LogP contribution in [-0.2, 0) is 17.8 Å². The summed E-state index contributed by atoms with van der Waals surface area (Å²) in [5.41, 5.74) is 2.02. The van der Waals surface area contributed by atoms with Crippen LogP contribution in [0.5, 0.6) is 0 Å². The van der Waals surface area contributed by atoms with Crippen LogP contribution in [-0.4, -0.2) is 16.1 Å². The van der Waals surface area contributed by atoms with Gasteiger partial charge in [0.25, 0.3) is 0 Å². The van der Waals surface area contributed by atoms with E-state index in [0.717, 1.165) is 34.9 Å². The lowest BCUT2D eigenvalue weighted by Gasteiger charge is -1.96. The van der Waals surface area contributed by atoms with Gasteiger partial charge in [-0.2, -0.15) is 5.10 Å². The predicted octanol–water partition coefficient (Wildman–Crippen LogP) is 2.76. The Kier molecular flexibility index (Phi) is 2.81. The number of hydrogen-bond acceptors (Lipinski definition) is 3. The molecule has 88 valence electrons. The quantitative estimate of drug-likeness (QED) is 0.760. The van der Waals surface area contributed by atoms with E-state index in [1.807, 2.05) is 22.3 Å². The van der Waals surface area contributed by atoms with Gasteiger partial charge in [0.1, 0.15) is 12.0 Å². The average molecular weight is 246 g/mol. The molecular weight excluding hydrogens is 232 g/mol. The van der Waals surface area contributed by atoms with E-state index < -0.39 is 0 Å². The molecule has 3 nitrogen and oxygen atoms in total. The van der Waals surface area contributed by atoms with Crippen LogP contribution >= 0.6 is 11.3 Å². The van der Waals surface area contributed by atoms with Crippen LogP contribution in [0, 0.1) is 5.92 Å². The highest BCUT2D eigenvalue weighted by molar-refractivity contribution is 7.13. The van der Waals surface area contributed by atoms with Crippen LogP contribution in [0.3, 0.4) is 0 Å². The van der Waals surface area contributed by atoms with Crippen LogP contribution in [0.2, 0.25) is 0 Å². The fourth-order valence-electron chi connectivity index (χ4n) is 1.98. The summed E-state index contributed by atoms with van der Waals surface area (Å²) >= 11 is 1.67. The molecule has 1 aliphatic rings. The van der Waals surface area contributed by atoms with E-state index in [4.69, 9.17) is 0 Å². The van der Waals surface area contributed by atoms with Gasteiger partial charge in [0.2, 0.25) is 0 Å². The number of aldehydes is 1. The highest BCUT2D eigenvalue weighted by Gasteiger charge is 2.23. The number of carbonyl (C=O) groups is 1. The van der Waals surface area contributed by atoms with Crippen molar-refractivity contribution >= 4 is 17.6 Å². The van der Waals surface area contributed by atoms with Gasteiger partial charge in [-0.25, -0.2) is 0 Å². The molecule has 2 aromatic rings. The molecule has 0 saturated heterocycles. The second-order valence-corrected chi connectivity index (χ2v) is 5.46. The van der Waals surface area contributed by atoms with Gasteiger partial charge in [-0.05, 0) is 30.2 Å². The summed E-state index contributed by atoms with van der Waals surface area (Å²) in [5.74, 6) is 0.801. The van der Waals surface area contributed by atoms with Crippen LogP contribution in [0.25, 0.3) is 10.6 Å². The molecule has 0 bridgehead atoms. The molecule has 17 heavy (non-hydrogen) atoms. The van der Waals surface area contributed by atoms with E-state index in [9.17, 15) is 4.79 Å². The average Bonchev–Trinajstić information content (AvgIpc) is 2.82. The van der Waals surface area contributed by atoms with Gasteiger partial charge in [-0.3, -0.25) is 4.68 Å². The van der Waals surface area contributed by atoms with E-state index in [1.54, 1.807) is 11.3 Å². The third-order valence-corrected chi connectivity index (χ3v) is 3.91. The molecule has 0 atom stereocenters. The Labute approximate surface area is 104 Å². The lowest BCUT2D eigenvalue weighted by molar-refractivity contribution is -0.107. The minimum atomic E-state index is 0.456. The molecule has 2 aromatic heterocycles. The predicted molar refractivity (Wildman–Crippen MR) is 68.0 cm³/mol. The summed E-state index contributed by atoms with van der Waals surface area (Å²) in [6, 6.07) is 4.08.